The minimum absolute atomic E-state index is 0.644. The molecule has 5 aromatic heterocycles. The zero-order chi connectivity index (χ0) is 45.9. The Kier molecular flexibility index (Phi) is 8.63. The monoisotopic (exact) mass is 927 g/mol. The second-order valence-corrected chi connectivity index (χ2v) is 20.1. The molecule has 10 aromatic carbocycles. The van der Waals surface area contributed by atoms with E-state index in [4.69, 9.17) is 15.0 Å². The summed E-state index contributed by atoms with van der Waals surface area (Å²) in [7, 11) is 0. The fraction of sp³-hybridized carbons (Fsp3) is 0. The van der Waals surface area contributed by atoms with Crippen LogP contribution in [0.3, 0.4) is 0 Å². The number of fused-ring (bicyclic) bond motifs is 12. The molecule has 5 heterocycles. The average molecular weight is 928 g/mol. The minimum Gasteiger partial charge on any atom is -0.309 e. The molecule has 0 amide bonds. The predicted molar refractivity (Wildman–Crippen MR) is 296 cm³/mol. The molecule has 70 heavy (non-hydrogen) atoms. The molecule has 0 aliphatic rings. The van der Waals surface area contributed by atoms with Gasteiger partial charge in [0.15, 0.2) is 17.5 Å². The molecule has 0 fully saturated rings. The Morgan fingerprint density at radius 2 is 0.814 bits per heavy atom. The highest BCUT2D eigenvalue weighted by Crippen LogP contribution is 2.47. The molecule has 0 aliphatic heterocycles. The van der Waals surface area contributed by atoms with Crippen LogP contribution in [0.5, 0.6) is 0 Å². The lowest BCUT2D eigenvalue weighted by atomic mass is 10.0. The van der Waals surface area contributed by atoms with Crippen molar-refractivity contribution in [3.05, 3.63) is 224 Å². The first-order valence-electron chi connectivity index (χ1n) is 23.5. The van der Waals surface area contributed by atoms with Gasteiger partial charge in [0.25, 0.3) is 0 Å². The third-order valence-electron chi connectivity index (χ3n) is 14.0. The van der Waals surface area contributed by atoms with Crippen molar-refractivity contribution in [2.45, 2.75) is 0 Å². The van der Waals surface area contributed by atoms with Gasteiger partial charge < -0.3 is 9.13 Å². The van der Waals surface area contributed by atoms with Crippen LogP contribution in [0.2, 0.25) is 0 Å². The van der Waals surface area contributed by atoms with Crippen LogP contribution in [-0.2, 0) is 0 Å². The molecule has 0 spiro atoms. The molecule has 0 radical (unpaired) electrons. The Labute approximate surface area is 409 Å². The van der Waals surface area contributed by atoms with Crippen LogP contribution in [0.25, 0.3) is 141 Å². The lowest BCUT2D eigenvalue weighted by molar-refractivity contribution is 1.08. The summed E-state index contributed by atoms with van der Waals surface area (Å²) in [6.07, 6.45) is 0. The van der Waals surface area contributed by atoms with E-state index in [2.05, 4.69) is 197 Å². The van der Waals surface area contributed by atoms with Crippen LogP contribution in [0.4, 0.5) is 0 Å². The lowest BCUT2D eigenvalue weighted by Crippen LogP contribution is -2.01. The van der Waals surface area contributed by atoms with Gasteiger partial charge in [-0.3, -0.25) is 0 Å². The smallest absolute Gasteiger partial charge is 0.165 e. The van der Waals surface area contributed by atoms with Gasteiger partial charge in [-0.15, -0.1) is 22.7 Å². The van der Waals surface area contributed by atoms with Crippen LogP contribution < -0.4 is 0 Å². The molecule has 0 atom stereocenters. The van der Waals surface area contributed by atoms with Gasteiger partial charge in [0.1, 0.15) is 0 Å². The molecule has 0 aliphatic carbocycles. The molecular weight excluding hydrogens is 891 g/mol. The van der Waals surface area contributed by atoms with Crippen molar-refractivity contribution < 1.29 is 0 Å². The standard InChI is InChI=1S/C63H37N5S2/c1-4-16-38(17-5-1)61-64-62(39-18-6-2-7-19-39)66-63(65-61)46-30-32-53(59-45-24-12-15-27-57(45)70-60(46)59)68-52-31-28-40(41-29-33-58-50(35-41)44-23-11-14-26-56(44)69-58)34-47(52)49-37-54-48(36-55(49)68)43-22-10-13-25-51(43)67(54)42-20-8-3-9-21-42/h1-37H. The van der Waals surface area contributed by atoms with E-state index < -0.39 is 0 Å². The van der Waals surface area contributed by atoms with E-state index in [0.29, 0.717) is 17.5 Å². The first-order chi connectivity index (χ1) is 34.7. The van der Waals surface area contributed by atoms with E-state index >= 15 is 0 Å². The van der Waals surface area contributed by atoms with E-state index in [1.165, 1.54) is 79.3 Å². The molecule has 15 aromatic rings. The van der Waals surface area contributed by atoms with Gasteiger partial charge in [-0.25, -0.2) is 15.0 Å². The van der Waals surface area contributed by atoms with Crippen LogP contribution in [-0.4, -0.2) is 24.1 Å². The summed E-state index contributed by atoms with van der Waals surface area (Å²) in [6, 6.07) is 81.0. The zero-order valence-corrected chi connectivity index (χ0v) is 39.0. The van der Waals surface area contributed by atoms with Crippen molar-refractivity contribution in [1.82, 2.24) is 24.1 Å². The maximum absolute atomic E-state index is 5.25. The maximum atomic E-state index is 5.25. The summed E-state index contributed by atoms with van der Waals surface area (Å²) in [4.78, 5) is 15.5. The highest BCUT2D eigenvalue weighted by Gasteiger charge is 2.24. The van der Waals surface area contributed by atoms with Gasteiger partial charge in [0, 0.05) is 84.3 Å². The van der Waals surface area contributed by atoms with Crippen molar-refractivity contribution in [2.75, 3.05) is 0 Å². The second-order valence-electron chi connectivity index (χ2n) is 17.9. The summed E-state index contributed by atoms with van der Waals surface area (Å²) in [5.74, 6) is 1.94. The van der Waals surface area contributed by atoms with Gasteiger partial charge in [-0.05, 0) is 90.0 Å². The number of hydrogen-bond donors (Lipinski definition) is 0. The van der Waals surface area contributed by atoms with E-state index in [1.807, 2.05) is 47.7 Å². The Bertz CT molecular complexity index is 4530. The number of rotatable bonds is 6. The third-order valence-corrected chi connectivity index (χ3v) is 16.3. The normalized spacial score (nSPS) is 12.0. The number of nitrogens with zero attached hydrogens (tertiary/aromatic N) is 5. The largest absolute Gasteiger partial charge is 0.309 e. The molecule has 326 valence electrons. The summed E-state index contributed by atoms with van der Waals surface area (Å²) in [5.41, 5.74) is 12.2. The molecule has 0 saturated heterocycles. The predicted octanol–water partition coefficient (Wildman–Crippen LogP) is 17.5. The SMILES string of the molecule is c1ccc(-c2nc(-c3ccccc3)nc(-c3ccc(-n4c5ccc(-c6ccc7sc8ccccc8c7c6)cc5c5cc6c(cc54)c4ccccc4n6-c4ccccc4)c4c3sc3ccccc34)n2)cc1. The molecule has 0 unspecified atom stereocenters. The van der Waals surface area contributed by atoms with Gasteiger partial charge in [0.2, 0.25) is 0 Å². The van der Waals surface area contributed by atoms with Crippen LogP contribution in [0, 0.1) is 0 Å². The van der Waals surface area contributed by atoms with Crippen molar-refractivity contribution in [2.24, 2.45) is 0 Å². The second kappa shape index (κ2) is 15.4. The minimum atomic E-state index is 0.644. The number of hydrogen-bond acceptors (Lipinski definition) is 5. The number of para-hydroxylation sites is 2. The highest BCUT2D eigenvalue weighted by atomic mass is 32.1. The van der Waals surface area contributed by atoms with Gasteiger partial charge in [0.05, 0.1) is 27.8 Å². The third kappa shape index (κ3) is 5.99. The fourth-order valence-electron chi connectivity index (χ4n) is 10.8. The van der Waals surface area contributed by atoms with Crippen molar-refractivity contribution in [3.63, 3.8) is 0 Å². The number of thiophene rings is 2. The molecule has 0 bridgehead atoms. The Hall–Kier alpha value is -8.75. The van der Waals surface area contributed by atoms with E-state index in [9.17, 15) is 0 Å². The van der Waals surface area contributed by atoms with Crippen molar-refractivity contribution in [3.8, 4) is 56.7 Å². The Morgan fingerprint density at radius 3 is 1.54 bits per heavy atom. The van der Waals surface area contributed by atoms with E-state index in [-0.39, 0.29) is 0 Å². The molecule has 5 nitrogen and oxygen atoms in total. The van der Waals surface area contributed by atoms with Crippen LogP contribution >= 0.6 is 22.7 Å². The number of aromatic nitrogens is 5. The zero-order valence-electron chi connectivity index (χ0n) is 37.4. The Balaban J connectivity index is 1.03. The molecule has 7 heteroatoms. The molecular formula is C63H37N5S2. The van der Waals surface area contributed by atoms with E-state index in [1.54, 1.807) is 11.3 Å². The van der Waals surface area contributed by atoms with Crippen molar-refractivity contribution in [1.29, 1.82) is 0 Å². The molecule has 0 saturated carbocycles. The Morgan fingerprint density at radius 1 is 0.300 bits per heavy atom. The van der Waals surface area contributed by atoms with E-state index in [0.717, 1.165) is 43.8 Å². The average Bonchev–Trinajstić information content (AvgIpc) is 4.18. The van der Waals surface area contributed by atoms with Gasteiger partial charge in [-0.1, -0.05) is 146 Å². The first-order valence-corrected chi connectivity index (χ1v) is 25.1. The summed E-state index contributed by atoms with van der Waals surface area (Å²) in [6.45, 7) is 0. The fourth-order valence-corrected chi connectivity index (χ4v) is 13.1. The highest BCUT2D eigenvalue weighted by molar-refractivity contribution is 7.26. The van der Waals surface area contributed by atoms with Crippen LogP contribution in [0.15, 0.2) is 224 Å². The number of benzene rings is 10. The first kappa shape index (κ1) is 39.3. The molecule has 0 N–H and O–H groups in total. The van der Waals surface area contributed by atoms with Crippen molar-refractivity contribution >= 4 is 107 Å². The quantitative estimate of drug-likeness (QED) is 0.167. The summed E-state index contributed by atoms with van der Waals surface area (Å²) >= 11 is 3.66. The van der Waals surface area contributed by atoms with Gasteiger partial charge >= 0.3 is 0 Å². The summed E-state index contributed by atoms with van der Waals surface area (Å²) < 4.78 is 9.90. The topological polar surface area (TPSA) is 48.5 Å². The summed E-state index contributed by atoms with van der Waals surface area (Å²) in [5, 5.41) is 9.79. The lowest BCUT2D eigenvalue weighted by Gasteiger charge is -2.14. The molecule has 15 rings (SSSR count). The van der Waals surface area contributed by atoms with Gasteiger partial charge in [-0.2, -0.15) is 0 Å². The maximum Gasteiger partial charge on any atom is 0.165 e. The van der Waals surface area contributed by atoms with Crippen LogP contribution in [0.1, 0.15) is 0 Å².